The zero-order valence-electron chi connectivity index (χ0n) is 16.9. The molecule has 4 aromatic heterocycles. The number of thiophene rings is 1. The molecule has 0 amide bonds. The second-order valence-electron chi connectivity index (χ2n) is 7.00. The lowest BCUT2D eigenvalue weighted by Gasteiger charge is -2.06. The fourth-order valence-corrected chi connectivity index (χ4v) is 4.62. The number of aryl methyl sites for hydroxylation is 1. The van der Waals surface area contributed by atoms with E-state index in [4.69, 9.17) is 9.72 Å². The summed E-state index contributed by atoms with van der Waals surface area (Å²) >= 11 is 1.61. The van der Waals surface area contributed by atoms with Gasteiger partial charge in [-0.3, -0.25) is 14.8 Å². The summed E-state index contributed by atoms with van der Waals surface area (Å²) in [6.45, 7) is 3.90. The Labute approximate surface area is 179 Å². The molecule has 31 heavy (non-hydrogen) atoms. The Morgan fingerprint density at radius 1 is 1.23 bits per heavy atom. The van der Waals surface area contributed by atoms with Gasteiger partial charge in [0.15, 0.2) is 11.5 Å². The van der Waals surface area contributed by atoms with Crippen LogP contribution < -0.4 is 4.74 Å². The molecule has 1 atom stereocenters. The van der Waals surface area contributed by atoms with E-state index in [0.717, 1.165) is 26.2 Å². The highest BCUT2D eigenvalue weighted by atomic mass is 32.1. The Kier molecular flexibility index (Phi) is 4.40. The van der Waals surface area contributed by atoms with Crippen LogP contribution >= 0.6 is 11.3 Å². The third-order valence-corrected chi connectivity index (χ3v) is 6.14. The Morgan fingerprint density at radius 2 is 2.00 bits per heavy atom. The Morgan fingerprint density at radius 3 is 2.68 bits per heavy atom. The van der Waals surface area contributed by atoms with Gasteiger partial charge < -0.3 is 4.74 Å². The number of hydrogen-bond acceptors (Lipinski definition) is 8. The van der Waals surface area contributed by atoms with Crippen molar-refractivity contribution >= 4 is 32.9 Å². The van der Waals surface area contributed by atoms with Crippen LogP contribution in [0.1, 0.15) is 23.7 Å². The zero-order valence-corrected chi connectivity index (χ0v) is 17.7. The minimum atomic E-state index is -0.528. The molecule has 156 valence electrons. The monoisotopic (exact) mass is 435 g/mol. The molecule has 0 N–H and O–H groups in total. The van der Waals surface area contributed by atoms with Gasteiger partial charge in [0.05, 0.1) is 17.4 Å². The molecule has 0 saturated carbocycles. The summed E-state index contributed by atoms with van der Waals surface area (Å²) in [6, 6.07) is 9.66. The fourth-order valence-electron chi connectivity index (χ4n) is 3.61. The Balaban J connectivity index is 1.67. The van der Waals surface area contributed by atoms with Crippen molar-refractivity contribution < 1.29 is 9.66 Å². The SMILES string of the molecule is COc1nn(C(C)c2nc3c4c(-c5ccccc5)c(C)sc4ncn3n2)cc1[N+](=O)[O-]. The summed E-state index contributed by atoms with van der Waals surface area (Å²) in [7, 11) is 1.35. The first kappa shape index (κ1) is 19.1. The van der Waals surface area contributed by atoms with Gasteiger partial charge in [0.1, 0.15) is 23.4 Å². The van der Waals surface area contributed by atoms with Crippen LogP contribution in [-0.2, 0) is 0 Å². The summed E-state index contributed by atoms with van der Waals surface area (Å²) in [5.74, 6) is 0.418. The van der Waals surface area contributed by atoms with E-state index in [9.17, 15) is 10.1 Å². The summed E-state index contributed by atoms with van der Waals surface area (Å²) in [5.41, 5.74) is 2.65. The number of rotatable bonds is 5. The molecule has 4 heterocycles. The predicted molar refractivity (Wildman–Crippen MR) is 116 cm³/mol. The van der Waals surface area contributed by atoms with Crippen LogP contribution in [0.25, 0.3) is 27.0 Å². The number of ether oxygens (including phenoxy) is 1. The highest BCUT2D eigenvalue weighted by Gasteiger charge is 2.25. The minimum Gasteiger partial charge on any atom is -0.475 e. The van der Waals surface area contributed by atoms with Crippen molar-refractivity contribution in [1.29, 1.82) is 0 Å². The third-order valence-electron chi connectivity index (χ3n) is 5.12. The zero-order chi connectivity index (χ0) is 21.7. The molecule has 10 nitrogen and oxygen atoms in total. The molecule has 0 aliphatic carbocycles. The van der Waals surface area contributed by atoms with Crippen LogP contribution in [-0.4, -0.2) is 41.4 Å². The van der Waals surface area contributed by atoms with Crippen LogP contribution in [0.4, 0.5) is 5.69 Å². The van der Waals surface area contributed by atoms with Gasteiger partial charge in [0.2, 0.25) is 0 Å². The molecule has 0 bridgehead atoms. The van der Waals surface area contributed by atoms with E-state index in [2.05, 4.69) is 34.2 Å². The molecule has 5 rings (SSSR count). The lowest BCUT2D eigenvalue weighted by Crippen LogP contribution is -2.09. The number of nitrogens with zero attached hydrogens (tertiary/aromatic N) is 7. The van der Waals surface area contributed by atoms with E-state index in [1.807, 2.05) is 25.1 Å². The average Bonchev–Trinajstić information content (AvgIpc) is 3.47. The molecule has 0 saturated heterocycles. The fraction of sp³-hybridized carbons (Fsp3) is 0.200. The molecule has 0 aliphatic heterocycles. The van der Waals surface area contributed by atoms with E-state index in [1.165, 1.54) is 18.0 Å². The molecule has 11 heteroatoms. The van der Waals surface area contributed by atoms with E-state index < -0.39 is 11.0 Å². The van der Waals surface area contributed by atoms with Gasteiger partial charge in [-0.2, -0.15) is 0 Å². The van der Waals surface area contributed by atoms with Crippen molar-refractivity contribution in [2.75, 3.05) is 7.11 Å². The van der Waals surface area contributed by atoms with Gasteiger partial charge >= 0.3 is 11.6 Å². The topological polar surface area (TPSA) is 113 Å². The number of methoxy groups -OCH3 is 1. The molecule has 0 spiro atoms. The smallest absolute Gasteiger partial charge is 0.350 e. The number of benzene rings is 1. The molecule has 0 aliphatic rings. The minimum absolute atomic E-state index is 0.0514. The van der Waals surface area contributed by atoms with Crippen LogP contribution in [0.5, 0.6) is 5.88 Å². The quantitative estimate of drug-likeness (QED) is 0.302. The highest BCUT2D eigenvalue weighted by molar-refractivity contribution is 7.19. The first-order valence-corrected chi connectivity index (χ1v) is 10.3. The number of aromatic nitrogens is 6. The van der Waals surface area contributed by atoms with E-state index in [1.54, 1.807) is 22.2 Å². The maximum absolute atomic E-state index is 11.2. The third kappa shape index (κ3) is 3.01. The van der Waals surface area contributed by atoms with Gasteiger partial charge in [-0.1, -0.05) is 30.3 Å². The number of fused-ring (bicyclic) bond motifs is 3. The summed E-state index contributed by atoms with van der Waals surface area (Å²) in [5, 5.41) is 20.9. The molecule has 0 fully saturated rings. The van der Waals surface area contributed by atoms with Gasteiger partial charge in [-0.05, 0) is 19.4 Å². The first-order chi connectivity index (χ1) is 15.0. The summed E-state index contributed by atoms with van der Waals surface area (Å²) < 4.78 is 8.11. The molecule has 1 aromatic carbocycles. The van der Waals surface area contributed by atoms with Crippen molar-refractivity contribution in [2.45, 2.75) is 19.9 Å². The Hall–Kier alpha value is -3.86. The normalized spacial score (nSPS) is 12.5. The highest BCUT2D eigenvalue weighted by Crippen LogP contribution is 2.39. The first-order valence-electron chi connectivity index (χ1n) is 9.45. The summed E-state index contributed by atoms with van der Waals surface area (Å²) in [4.78, 5) is 22.1. The number of nitro groups is 1. The average molecular weight is 435 g/mol. The van der Waals surface area contributed by atoms with Gasteiger partial charge in [0, 0.05) is 10.4 Å². The van der Waals surface area contributed by atoms with Crippen molar-refractivity contribution in [3.05, 3.63) is 63.7 Å². The molecular formula is C20H17N7O3S. The van der Waals surface area contributed by atoms with Gasteiger partial charge in [-0.25, -0.2) is 14.5 Å². The maximum Gasteiger partial charge on any atom is 0.350 e. The van der Waals surface area contributed by atoms with Crippen molar-refractivity contribution in [2.24, 2.45) is 0 Å². The standard InChI is InChI=1S/C20H17N7O3S/c1-11(25-9-14(27(28)29)19(24-25)30-3)17-22-18-16-15(13-7-5-4-6-8-13)12(2)31-20(16)21-10-26(18)23-17/h4-11H,1-3H3. The van der Waals surface area contributed by atoms with Crippen molar-refractivity contribution in [3.63, 3.8) is 0 Å². The molecule has 5 aromatic rings. The largest absolute Gasteiger partial charge is 0.475 e. The number of hydrogen-bond donors (Lipinski definition) is 0. The van der Waals surface area contributed by atoms with E-state index in [0.29, 0.717) is 11.5 Å². The van der Waals surface area contributed by atoms with Crippen molar-refractivity contribution in [1.82, 2.24) is 29.4 Å². The Bertz CT molecular complexity index is 1440. The van der Waals surface area contributed by atoms with Crippen molar-refractivity contribution in [3.8, 4) is 17.0 Å². The second-order valence-corrected chi connectivity index (χ2v) is 8.20. The predicted octanol–water partition coefficient (Wildman–Crippen LogP) is 4.04. The van der Waals surface area contributed by atoms with E-state index >= 15 is 0 Å². The van der Waals surface area contributed by atoms with Crippen LogP contribution in [0.15, 0.2) is 42.9 Å². The van der Waals surface area contributed by atoms with Gasteiger partial charge in [0.25, 0.3) is 0 Å². The maximum atomic E-state index is 11.2. The van der Waals surface area contributed by atoms with E-state index in [-0.39, 0.29) is 11.6 Å². The summed E-state index contributed by atoms with van der Waals surface area (Å²) in [6.07, 6.45) is 2.96. The molecule has 0 radical (unpaired) electrons. The van der Waals surface area contributed by atoms with Crippen LogP contribution in [0, 0.1) is 17.0 Å². The molecular weight excluding hydrogens is 418 g/mol. The lowest BCUT2D eigenvalue weighted by atomic mass is 10.0. The lowest BCUT2D eigenvalue weighted by molar-refractivity contribution is -0.385. The second kappa shape index (κ2) is 7.13. The van der Waals surface area contributed by atoms with Crippen LogP contribution in [0.3, 0.4) is 0 Å². The van der Waals surface area contributed by atoms with Crippen LogP contribution in [0.2, 0.25) is 0 Å². The molecule has 1 unspecified atom stereocenters. The van der Waals surface area contributed by atoms with Gasteiger partial charge in [-0.15, -0.1) is 21.5 Å².